The lowest BCUT2D eigenvalue weighted by atomic mass is 10.0. The van der Waals surface area contributed by atoms with Gasteiger partial charge in [0.15, 0.2) is 5.69 Å². The van der Waals surface area contributed by atoms with E-state index in [2.05, 4.69) is 10.4 Å². The van der Waals surface area contributed by atoms with Gasteiger partial charge in [-0.05, 0) is 23.8 Å². The second-order valence-electron chi connectivity index (χ2n) is 5.72. The third kappa shape index (κ3) is 3.97. The van der Waals surface area contributed by atoms with Crippen molar-refractivity contribution in [2.75, 3.05) is 5.32 Å². The highest BCUT2D eigenvalue weighted by Crippen LogP contribution is 2.33. The SMILES string of the molecule is Cn1cc(C(=O)Nc2ccccc2-c2cc(F)cc(F)c2)c(C(F)(F)F)n1. The van der Waals surface area contributed by atoms with Crippen molar-refractivity contribution in [1.82, 2.24) is 9.78 Å². The first-order valence-corrected chi connectivity index (χ1v) is 7.63. The second-order valence-corrected chi connectivity index (χ2v) is 5.72. The highest BCUT2D eigenvalue weighted by atomic mass is 19.4. The Bertz CT molecular complexity index is 990. The molecule has 1 amide bonds. The molecule has 0 fully saturated rings. The molecule has 1 heterocycles. The van der Waals surface area contributed by atoms with Crippen molar-refractivity contribution in [2.24, 2.45) is 7.05 Å². The molecule has 140 valence electrons. The molecule has 0 aliphatic heterocycles. The fourth-order valence-electron chi connectivity index (χ4n) is 2.61. The van der Waals surface area contributed by atoms with E-state index in [9.17, 15) is 26.7 Å². The Labute approximate surface area is 150 Å². The van der Waals surface area contributed by atoms with Crippen LogP contribution in [0.5, 0.6) is 0 Å². The summed E-state index contributed by atoms with van der Waals surface area (Å²) in [6, 6.07) is 8.80. The zero-order valence-corrected chi connectivity index (χ0v) is 13.8. The van der Waals surface area contributed by atoms with Gasteiger partial charge in [0.2, 0.25) is 0 Å². The number of nitrogens with zero attached hydrogens (tertiary/aromatic N) is 2. The number of aryl methyl sites for hydroxylation is 1. The number of carbonyl (C=O) groups is 1. The average Bonchev–Trinajstić information content (AvgIpc) is 2.97. The Kier molecular flexibility index (Phi) is 4.69. The molecule has 0 saturated carbocycles. The summed E-state index contributed by atoms with van der Waals surface area (Å²) in [6.07, 6.45) is -3.86. The van der Waals surface area contributed by atoms with Crippen molar-refractivity contribution in [3.05, 3.63) is 71.6 Å². The molecule has 27 heavy (non-hydrogen) atoms. The highest BCUT2D eigenvalue weighted by Gasteiger charge is 2.39. The van der Waals surface area contributed by atoms with Gasteiger partial charge in [0.1, 0.15) is 11.6 Å². The lowest BCUT2D eigenvalue weighted by Gasteiger charge is -2.12. The summed E-state index contributed by atoms with van der Waals surface area (Å²) in [7, 11) is 1.26. The number of nitrogens with one attached hydrogen (secondary N) is 1. The van der Waals surface area contributed by atoms with E-state index in [1.165, 1.54) is 25.2 Å². The van der Waals surface area contributed by atoms with Gasteiger partial charge in [0.05, 0.1) is 5.56 Å². The van der Waals surface area contributed by atoms with Crippen molar-refractivity contribution < 1.29 is 26.7 Å². The molecular formula is C18H12F5N3O. The number of alkyl halides is 3. The third-order valence-electron chi connectivity index (χ3n) is 3.69. The van der Waals surface area contributed by atoms with Crippen LogP contribution >= 0.6 is 0 Å². The molecule has 1 N–H and O–H groups in total. The first-order chi connectivity index (χ1) is 12.6. The van der Waals surface area contributed by atoms with Gasteiger partial charge in [-0.25, -0.2) is 8.78 Å². The lowest BCUT2D eigenvalue weighted by Crippen LogP contribution is -2.18. The molecule has 2 aromatic carbocycles. The summed E-state index contributed by atoms with van der Waals surface area (Å²) in [4.78, 5) is 12.4. The standard InChI is InChI=1S/C18H12F5N3O/c1-26-9-14(16(25-26)18(21,22)23)17(27)24-15-5-3-2-4-13(15)10-6-11(19)8-12(20)7-10/h2-9H,1H3,(H,24,27). The third-order valence-corrected chi connectivity index (χ3v) is 3.69. The van der Waals surface area contributed by atoms with Gasteiger partial charge in [-0.15, -0.1) is 0 Å². The van der Waals surface area contributed by atoms with Crippen LogP contribution < -0.4 is 5.32 Å². The molecule has 3 rings (SSSR count). The number of para-hydroxylation sites is 1. The van der Waals surface area contributed by atoms with Crippen LogP contribution in [0.2, 0.25) is 0 Å². The van der Waals surface area contributed by atoms with Gasteiger partial charge in [-0.2, -0.15) is 18.3 Å². The van der Waals surface area contributed by atoms with Crippen molar-refractivity contribution in [1.29, 1.82) is 0 Å². The molecule has 3 aromatic rings. The molecular weight excluding hydrogens is 369 g/mol. The summed E-state index contributed by atoms with van der Waals surface area (Å²) in [5.74, 6) is -2.68. The predicted octanol–water partition coefficient (Wildman–Crippen LogP) is 4.64. The van der Waals surface area contributed by atoms with E-state index >= 15 is 0 Å². The first kappa shape index (κ1) is 18.6. The van der Waals surface area contributed by atoms with Crippen molar-refractivity contribution in [2.45, 2.75) is 6.18 Å². The van der Waals surface area contributed by atoms with E-state index in [0.29, 0.717) is 6.07 Å². The summed E-state index contributed by atoms with van der Waals surface area (Å²) in [5, 5.41) is 5.63. The van der Waals surface area contributed by atoms with E-state index in [1.807, 2.05) is 0 Å². The van der Waals surface area contributed by atoms with Crippen molar-refractivity contribution in [3.8, 4) is 11.1 Å². The summed E-state index contributed by atoms with van der Waals surface area (Å²) in [5.41, 5.74) is -1.50. The summed E-state index contributed by atoms with van der Waals surface area (Å²) in [6.45, 7) is 0. The molecule has 4 nitrogen and oxygen atoms in total. The number of hydrogen-bond acceptors (Lipinski definition) is 2. The van der Waals surface area contributed by atoms with Crippen molar-refractivity contribution in [3.63, 3.8) is 0 Å². The normalized spacial score (nSPS) is 11.5. The van der Waals surface area contributed by atoms with Gasteiger partial charge in [-0.3, -0.25) is 9.48 Å². The van der Waals surface area contributed by atoms with E-state index in [4.69, 9.17) is 0 Å². The van der Waals surface area contributed by atoms with Gasteiger partial charge >= 0.3 is 6.18 Å². The van der Waals surface area contributed by atoms with Crippen LogP contribution in [0.4, 0.5) is 27.6 Å². The molecule has 0 aliphatic rings. The Morgan fingerprint density at radius 2 is 1.70 bits per heavy atom. The molecule has 1 aromatic heterocycles. The van der Waals surface area contributed by atoms with Crippen LogP contribution in [0, 0.1) is 11.6 Å². The zero-order valence-electron chi connectivity index (χ0n) is 13.8. The predicted molar refractivity (Wildman–Crippen MR) is 88.0 cm³/mol. The van der Waals surface area contributed by atoms with Crippen LogP contribution in [0.3, 0.4) is 0 Å². The van der Waals surface area contributed by atoms with Gasteiger partial charge in [0, 0.05) is 30.6 Å². The lowest BCUT2D eigenvalue weighted by molar-refractivity contribution is -0.141. The number of aromatic nitrogens is 2. The second kappa shape index (κ2) is 6.82. The van der Waals surface area contributed by atoms with Gasteiger partial charge in [0.25, 0.3) is 5.91 Å². The number of hydrogen-bond donors (Lipinski definition) is 1. The van der Waals surface area contributed by atoms with E-state index in [0.717, 1.165) is 23.0 Å². The van der Waals surface area contributed by atoms with E-state index in [1.54, 1.807) is 6.07 Å². The number of anilines is 1. The zero-order chi connectivity index (χ0) is 19.8. The molecule has 0 aliphatic carbocycles. The van der Waals surface area contributed by atoms with Crippen LogP contribution in [0.1, 0.15) is 16.1 Å². The van der Waals surface area contributed by atoms with Gasteiger partial charge < -0.3 is 5.32 Å². The maximum Gasteiger partial charge on any atom is 0.435 e. The van der Waals surface area contributed by atoms with Crippen LogP contribution in [0.25, 0.3) is 11.1 Å². The maximum absolute atomic E-state index is 13.5. The molecule has 9 heteroatoms. The smallest absolute Gasteiger partial charge is 0.321 e. The number of rotatable bonds is 3. The largest absolute Gasteiger partial charge is 0.435 e. The molecule has 0 atom stereocenters. The minimum Gasteiger partial charge on any atom is -0.321 e. The fourth-order valence-corrected chi connectivity index (χ4v) is 2.61. The molecule has 0 bridgehead atoms. The molecule has 0 radical (unpaired) electrons. The minimum absolute atomic E-state index is 0.101. The van der Waals surface area contributed by atoms with Crippen LogP contribution in [0.15, 0.2) is 48.7 Å². The number of halogens is 5. The Morgan fingerprint density at radius 1 is 1.07 bits per heavy atom. The van der Waals surface area contributed by atoms with E-state index in [-0.39, 0.29) is 16.8 Å². The molecule has 0 spiro atoms. The van der Waals surface area contributed by atoms with Gasteiger partial charge in [-0.1, -0.05) is 18.2 Å². The first-order valence-electron chi connectivity index (χ1n) is 7.63. The Morgan fingerprint density at radius 3 is 2.33 bits per heavy atom. The molecule has 0 unspecified atom stereocenters. The minimum atomic E-state index is -4.81. The van der Waals surface area contributed by atoms with E-state index < -0.39 is 35.0 Å². The van der Waals surface area contributed by atoms with Crippen LogP contribution in [-0.4, -0.2) is 15.7 Å². The van der Waals surface area contributed by atoms with Crippen molar-refractivity contribution >= 4 is 11.6 Å². The highest BCUT2D eigenvalue weighted by molar-refractivity contribution is 6.07. The fraction of sp³-hybridized carbons (Fsp3) is 0.111. The number of amides is 1. The molecule has 0 saturated heterocycles. The number of benzene rings is 2. The monoisotopic (exact) mass is 381 g/mol. The number of carbonyl (C=O) groups excluding carboxylic acids is 1. The Balaban J connectivity index is 1.99. The summed E-state index contributed by atoms with van der Waals surface area (Å²) >= 11 is 0. The quantitative estimate of drug-likeness (QED) is 0.672. The topological polar surface area (TPSA) is 46.9 Å². The Hall–Kier alpha value is -3.23. The summed E-state index contributed by atoms with van der Waals surface area (Å²) < 4.78 is 67.0. The average molecular weight is 381 g/mol. The van der Waals surface area contributed by atoms with Crippen LogP contribution in [-0.2, 0) is 13.2 Å². The maximum atomic E-state index is 13.5.